The zero-order valence-corrected chi connectivity index (χ0v) is 18.8. The number of thiophene rings is 1. The summed E-state index contributed by atoms with van der Waals surface area (Å²) in [6.45, 7) is 8.39. The highest BCUT2D eigenvalue weighted by Crippen LogP contribution is 2.36. The molecule has 1 aliphatic carbocycles. The summed E-state index contributed by atoms with van der Waals surface area (Å²) in [5.74, 6) is -0.0484. The number of nitrogens with zero attached hydrogens (tertiary/aromatic N) is 2. The summed E-state index contributed by atoms with van der Waals surface area (Å²) >= 11 is 2.97. The molecule has 0 fully saturated rings. The minimum Gasteiger partial charge on any atom is -0.355 e. The number of thioether (sulfide) groups is 1. The van der Waals surface area contributed by atoms with Gasteiger partial charge < -0.3 is 5.32 Å². The molecule has 152 valence electrons. The van der Waals surface area contributed by atoms with Gasteiger partial charge in [-0.25, -0.2) is 4.98 Å². The Bertz CT molecular complexity index is 1160. The first kappa shape index (κ1) is 20.2. The molecule has 1 N–H and O–H groups in total. The van der Waals surface area contributed by atoms with Gasteiger partial charge in [0.05, 0.1) is 16.3 Å². The van der Waals surface area contributed by atoms with Crippen LogP contribution in [0.15, 0.2) is 28.2 Å². The molecule has 0 bridgehead atoms. The Balaban J connectivity index is 1.93. The molecule has 2 heterocycles. The number of nitrogens with one attached hydrogen (secondary N) is 1. The lowest BCUT2D eigenvalue weighted by Crippen LogP contribution is -2.31. The second kappa shape index (κ2) is 7.95. The van der Waals surface area contributed by atoms with E-state index in [0.29, 0.717) is 11.7 Å². The summed E-state index contributed by atoms with van der Waals surface area (Å²) < 4.78 is 1.71. The van der Waals surface area contributed by atoms with Crippen molar-refractivity contribution in [3.8, 4) is 5.69 Å². The monoisotopic (exact) mass is 427 g/mol. The number of aryl methyl sites for hydroxylation is 4. The van der Waals surface area contributed by atoms with E-state index in [9.17, 15) is 9.59 Å². The molecule has 1 unspecified atom stereocenters. The number of benzene rings is 1. The third-order valence-electron chi connectivity index (χ3n) is 5.30. The molecule has 4 rings (SSSR count). The van der Waals surface area contributed by atoms with Crippen LogP contribution in [0.3, 0.4) is 0 Å². The van der Waals surface area contributed by atoms with Crippen molar-refractivity contribution in [2.24, 2.45) is 0 Å². The van der Waals surface area contributed by atoms with Crippen molar-refractivity contribution in [1.29, 1.82) is 0 Å². The van der Waals surface area contributed by atoms with Gasteiger partial charge in [-0.15, -0.1) is 11.3 Å². The summed E-state index contributed by atoms with van der Waals surface area (Å²) in [6, 6.07) is 6.07. The summed E-state index contributed by atoms with van der Waals surface area (Å²) in [4.78, 5) is 33.0. The highest BCUT2D eigenvalue weighted by molar-refractivity contribution is 8.00. The fraction of sp³-hybridized carbons (Fsp3) is 0.409. The van der Waals surface area contributed by atoms with Gasteiger partial charge in [0.25, 0.3) is 5.56 Å². The Labute approximate surface area is 178 Å². The van der Waals surface area contributed by atoms with Crippen LogP contribution in [0.1, 0.15) is 41.8 Å². The highest BCUT2D eigenvalue weighted by atomic mass is 32.2. The van der Waals surface area contributed by atoms with Gasteiger partial charge in [0.1, 0.15) is 4.83 Å². The molecule has 7 heteroatoms. The minimum absolute atomic E-state index is 0.0213. The standard InChI is InChI=1S/C22H25N3O2S2/c1-5-23-19(26)14(4)28-22-24-20-18(15-7-6-8-17(15)29-20)21(27)25(22)16-10-9-12(2)11-13(16)3/h9-11,14H,5-8H2,1-4H3,(H,23,26). The lowest BCUT2D eigenvalue weighted by Gasteiger charge is -2.17. The smallest absolute Gasteiger partial charge is 0.267 e. The maximum Gasteiger partial charge on any atom is 0.267 e. The van der Waals surface area contributed by atoms with E-state index < -0.39 is 0 Å². The van der Waals surface area contributed by atoms with Crippen molar-refractivity contribution in [1.82, 2.24) is 14.9 Å². The van der Waals surface area contributed by atoms with E-state index in [2.05, 4.69) is 11.4 Å². The molecular formula is C22H25N3O2S2. The second-order valence-corrected chi connectivity index (χ2v) is 9.91. The van der Waals surface area contributed by atoms with Gasteiger partial charge in [-0.3, -0.25) is 14.2 Å². The van der Waals surface area contributed by atoms with Gasteiger partial charge in [-0.1, -0.05) is 29.5 Å². The Hall–Kier alpha value is -2.12. The average Bonchev–Trinajstić information content (AvgIpc) is 3.24. The maximum atomic E-state index is 13.7. The van der Waals surface area contributed by atoms with Crippen LogP contribution in [-0.2, 0) is 17.6 Å². The molecular weight excluding hydrogens is 402 g/mol. The van der Waals surface area contributed by atoms with E-state index in [-0.39, 0.29) is 16.7 Å². The SMILES string of the molecule is CCNC(=O)C(C)Sc1nc2sc3c(c2c(=O)n1-c1ccc(C)cc1C)CCC3. The zero-order valence-electron chi connectivity index (χ0n) is 17.2. The molecule has 1 amide bonds. The third-order valence-corrected chi connectivity index (χ3v) is 7.54. The topological polar surface area (TPSA) is 64.0 Å². The number of fused-ring (bicyclic) bond motifs is 3. The lowest BCUT2D eigenvalue weighted by atomic mass is 10.1. The van der Waals surface area contributed by atoms with Gasteiger partial charge in [-0.05, 0) is 64.2 Å². The minimum atomic E-state index is -0.344. The first-order valence-electron chi connectivity index (χ1n) is 10.00. The highest BCUT2D eigenvalue weighted by Gasteiger charge is 2.26. The van der Waals surface area contributed by atoms with Crippen LogP contribution in [0.5, 0.6) is 0 Å². The predicted molar refractivity (Wildman–Crippen MR) is 121 cm³/mol. The number of hydrogen-bond donors (Lipinski definition) is 1. The Morgan fingerprint density at radius 1 is 1.34 bits per heavy atom. The number of carbonyl (C=O) groups excluding carboxylic acids is 1. The quantitative estimate of drug-likeness (QED) is 0.490. The van der Waals surface area contributed by atoms with Gasteiger partial charge in [-0.2, -0.15) is 0 Å². The summed E-state index contributed by atoms with van der Waals surface area (Å²) in [6.07, 6.45) is 3.07. The van der Waals surface area contributed by atoms with Crippen LogP contribution in [0.2, 0.25) is 0 Å². The number of rotatable bonds is 5. The molecule has 1 aliphatic rings. The van der Waals surface area contributed by atoms with Gasteiger partial charge in [0.15, 0.2) is 5.16 Å². The summed E-state index contributed by atoms with van der Waals surface area (Å²) in [5.41, 5.74) is 4.15. The van der Waals surface area contributed by atoms with Crippen molar-refractivity contribution in [2.45, 2.75) is 57.4 Å². The Kier molecular flexibility index (Phi) is 5.53. The largest absolute Gasteiger partial charge is 0.355 e. The van der Waals surface area contributed by atoms with E-state index >= 15 is 0 Å². The maximum absolute atomic E-state index is 13.7. The van der Waals surface area contributed by atoms with Crippen LogP contribution < -0.4 is 10.9 Å². The van der Waals surface area contributed by atoms with E-state index in [0.717, 1.165) is 46.3 Å². The third kappa shape index (κ3) is 3.62. The molecule has 1 aromatic carbocycles. The van der Waals surface area contributed by atoms with Crippen LogP contribution in [0.25, 0.3) is 15.9 Å². The zero-order chi connectivity index (χ0) is 20.7. The Morgan fingerprint density at radius 3 is 2.86 bits per heavy atom. The fourth-order valence-electron chi connectivity index (χ4n) is 3.90. The molecule has 5 nitrogen and oxygen atoms in total. The molecule has 0 saturated heterocycles. The molecule has 0 saturated carbocycles. The summed E-state index contributed by atoms with van der Waals surface area (Å²) in [5, 5.41) is 3.85. The van der Waals surface area contributed by atoms with Crippen molar-refractivity contribution in [3.63, 3.8) is 0 Å². The number of carbonyl (C=O) groups is 1. The van der Waals surface area contributed by atoms with Crippen LogP contribution in [-0.4, -0.2) is 27.3 Å². The van der Waals surface area contributed by atoms with Crippen molar-refractivity contribution in [2.75, 3.05) is 6.54 Å². The van der Waals surface area contributed by atoms with E-state index in [1.165, 1.54) is 22.2 Å². The number of amides is 1. The molecule has 29 heavy (non-hydrogen) atoms. The van der Waals surface area contributed by atoms with Crippen molar-refractivity contribution < 1.29 is 4.79 Å². The lowest BCUT2D eigenvalue weighted by molar-refractivity contribution is -0.120. The van der Waals surface area contributed by atoms with E-state index in [1.807, 2.05) is 39.8 Å². The van der Waals surface area contributed by atoms with Crippen molar-refractivity contribution >= 4 is 39.2 Å². The molecule has 2 aromatic heterocycles. The fourth-order valence-corrected chi connectivity index (χ4v) is 6.15. The number of aromatic nitrogens is 2. The van der Waals surface area contributed by atoms with Gasteiger partial charge >= 0.3 is 0 Å². The second-order valence-electron chi connectivity index (χ2n) is 7.52. The van der Waals surface area contributed by atoms with Crippen LogP contribution in [0.4, 0.5) is 0 Å². The van der Waals surface area contributed by atoms with Gasteiger partial charge in [0, 0.05) is 11.4 Å². The average molecular weight is 428 g/mol. The normalized spacial score (nSPS) is 14.2. The predicted octanol–water partition coefficient (Wildman–Crippen LogP) is 4.17. The molecule has 0 radical (unpaired) electrons. The van der Waals surface area contributed by atoms with Gasteiger partial charge in [0.2, 0.25) is 5.91 Å². The molecule has 0 spiro atoms. The molecule has 3 aromatic rings. The van der Waals surface area contributed by atoms with E-state index in [4.69, 9.17) is 4.98 Å². The first-order valence-corrected chi connectivity index (χ1v) is 11.7. The van der Waals surface area contributed by atoms with E-state index in [1.54, 1.807) is 15.9 Å². The molecule has 1 atom stereocenters. The van der Waals surface area contributed by atoms with Crippen LogP contribution >= 0.6 is 23.1 Å². The van der Waals surface area contributed by atoms with Crippen LogP contribution in [0, 0.1) is 13.8 Å². The summed E-state index contributed by atoms with van der Waals surface area (Å²) in [7, 11) is 0. The molecule has 0 aliphatic heterocycles. The Morgan fingerprint density at radius 2 is 2.14 bits per heavy atom. The number of hydrogen-bond acceptors (Lipinski definition) is 5. The van der Waals surface area contributed by atoms with Crippen molar-refractivity contribution in [3.05, 3.63) is 50.1 Å². The first-order chi connectivity index (χ1) is 13.9.